The Hall–Kier alpha value is -1.16. The summed E-state index contributed by atoms with van der Waals surface area (Å²) in [5.41, 5.74) is 0.625. The van der Waals surface area contributed by atoms with Crippen molar-refractivity contribution < 1.29 is 9.13 Å². The van der Waals surface area contributed by atoms with Gasteiger partial charge in [0.05, 0.1) is 0 Å². The lowest BCUT2D eigenvalue weighted by atomic mass is 9.85. The molecular formula is C16H25FN2O. The number of pyridine rings is 1. The summed E-state index contributed by atoms with van der Waals surface area (Å²) in [6.07, 6.45) is 7.39. The monoisotopic (exact) mass is 280 g/mol. The average molecular weight is 280 g/mol. The molecular weight excluding hydrogens is 255 g/mol. The summed E-state index contributed by atoms with van der Waals surface area (Å²) in [6.45, 7) is 5.55. The van der Waals surface area contributed by atoms with Crippen LogP contribution in [-0.2, 0) is 6.54 Å². The summed E-state index contributed by atoms with van der Waals surface area (Å²) in [7, 11) is 0. The van der Waals surface area contributed by atoms with Gasteiger partial charge >= 0.3 is 0 Å². The molecule has 1 aromatic rings. The molecule has 0 amide bonds. The lowest BCUT2D eigenvalue weighted by Crippen LogP contribution is -2.26. The molecule has 1 aliphatic rings. The van der Waals surface area contributed by atoms with Crippen molar-refractivity contribution in [2.45, 2.75) is 58.6 Å². The van der Waals surface area contributed by atoms with Crippen molar-refractivity contribution in [3.05, 3.63) is 23.6 Å². The molecule has 1 fully saturated rings. The van der Waals surface area contributed by atoms with E-state index in [4.69, 9.17) is 4.74 Å². The minimum absolute atomic E-state index is 0.116. The second-order valence-electron chi connectivity index (χ2n) is 5.55. The Kier molecular flexibility index (Phi) is 5.77. The fourth-order valence-electron chi connectivity index (χ4n) is 2.82. The number of rotatable bonds is 6. The summed E-state index contributed by atoms with van der Waals surface area (Å²) >= 11 is 0. The molecule has 0 saturated heterocycles. The standard InChI is InChI=1S/C16H25FN2O/c1-3-12-6-5-7-14(10-12)20-16-15(17)13(8-9-19-16)11-18-4-2/h8-9,12,14,18H,3-7,10-11H2,1-2H3. The van der Waals surface area contributed by atoms with E-state index in [1.807, 2.05) is 6.92 Å². The van der Waals surface area contributed by atoms with Crippen molar-refractivity contribution in [1.82, 2.24) is 10.3 Å². The van der Waals surface area contributed by atoms with E-state index in [0.29, 0.717) is 18.0 Å². The first-order chi connectivity index (χ1) is 9.74. The summed E-state index contributed by atoms with van der Waals surface area (Å²) in [6, 6.07) is 1.71. The van der Waals surface area contributed by atoms with Crippen molar-refractivity contribution in [3.63, 3.8) is 0 Å². The molecule has 2 atom stereocenters. The second kappa shape index (κ2) is 7.58. The zero-order valence-corrected chi connectivity index (χ0v) is 12.5. The first kappa shape index (κ1) is 15.2. The molecule has 2 rings (SSSR count). The number of ether oxygens (including phenoxy) is 1. The molecule has 1 saturated carbocycles. The summed E-state index contributed by atoms with van der Waals surface area (Å²) in [5.74, 6) is 0.566. The van der Waals surface area contributed by atoms with Crippen LogP contribution in [0.15, 0.2) is 12.3 Å². The minimum atomic E-state index is -0.313. The number of nitrogens with one attached hydrogen (secondary N) is 1. The van der Waals surface area contributed by atoms with Crippen LogP contribution < -0.4 is 10.1 Å². The number of hydrogen-bond donors (Lipinski definition) is 1. The third-order valence-corrected chi connectivity index (χ3v) is 4.09. The molecule has 3 nitrogen and oxygen atoms in total. The Labute approximate surface area is 120 Å². The Bertz CT molecular complexity index is 425. The van der Waals surface area contributed by atoms with Gasteiger partial charge < -0.3 is 10.1 Å². The molecule has 0 aromatic carbocycles. The molecule has 20 heavy (non-hydrogen) atoms. The van der Waals surface area contributed by atoms with Gasteiger partial charge in [-0.05, 0) is 37.8 Å². The predicted molar refractivity (Wildman–Crippen MR) is 78.2 cm³/mol. The molecule has 0 spiro atoms. The van der Waals surface area contributed by atoms with Crippen molar-refractivity contribution in [2.24, 2.45) is 5.92 Å². The molecule has 1 N–H and O–H groups in total. The fraction of sp³-hybridized carbons (Fsp3) is 0.688. The third-order valence-electron chi connectivity index (χ3n) is 4.09. The van der Waals surface area contributed by atoms with E-state index in [1.54, 1.807) is 12.3 Å². The average Bonchev–Trinajstić information content (AvgIpc) is 2.48. The summed E-state index contributed by atoms with van der Waals surface area (Å²) in [5, 5.41) is 3.13. The van der Waals surface area contributed by atoms with E-state index in [0.717, 1.165) is 19.4 Å². The number of nitrogens with zero attached hydrogens (tertiary/aromatic N) is 1. The van der Waals surface area contributed by atoms with Gasteiger partial charge in [0.15, 0.2) is 5.82 Å². The SMILES string of the molecule is CCNCc1ccnc(OC2CCCC(CC)C2)c1F. The smallest absolute Gasteiger partial charge is 0.250 e. The van der Waals surface area contributed by atoms with E-state index in [1.165, 1.54) is 19.3 Å². The molecule has 0 radical (unpaired) electrons. The lowest BCUT2D eigenvalue weighted by Gasteiger charge is -2.28. The first-order valence-electron chi connectivity index (χ1n) is 7.75. The van der Waals surface area contributed by atoms with Crippen LogP contribution in [0.2, 0.25) is 0 Å². The van der Waals surface area contributed by atoms with Crippen LogP contribution in [0.3, 0.4) is 0 Å². The topological polar surface area (TPSA) is 34.2 Å². The van der Waals surface area contributed by atoms with Crippen molar-refractivity contribution >= 4 is 0 Å². The van der Waals surface area contributed by atoms with Gasteiger partial charge in [-0.25, -0.2) is 9.37 Å². The van der Waals surface area contributed by atoms with Crippen LogP contribution in [0.5, 0.6) is 5.88 Å². The molecule has 1 aliphatic carbocycles. The molecule has 1 aromatic heterocycles. The maximum Gasteiger partial charge on any atom is 0.250 e. The van der Waals surface area contributed by atoms with E-state index >= 15 is 0 Å². The minimum Gasteiger partial charge on any atom is -0.472 e. The van der Waals surface area contributed by atoms with Crippen LogP contribution in [0.25, 0.3) is 0 Å². The van der Waals surface area contributed by atoms with Crippen LogP contribution in [-0.4, -0.2) is 17.6 Å². The van der Waals surface area contributed by atoms with E-state index in [9.17, 15) is 4.39 Å². The first-order valence-corrected chi connectivity index (χ1v) is 7.75. The van der Waals surface area contributed by atoms with Gasteiger partial charge in [-0.15, -0.1) is 0 Å². The highest BCUT2D eigenvalue weighted by Crippen LogP contribution is 2.30. The van der Waals surface area contributed by atoms with Crippen LogP contribution in [0.4, 0.5) is 4.39 Å². The summed E-state index contributed by atoms with van der Waals surface area (Å²) in [4.78, 5) is 4.07. The van der Waals surface area contributed by atoms with E-state index in [2.05, 4.69) is 17.2 Å². The Morgan fingerprint density at radius 3 is 3.00 bits per heavy atom. The second-order valence-corrected chi connectivity index (χ2v) is 5.55. The molecule has 0 bridgehead atoms. The Morgan fingerprint density at radius 2 is 2.25 bits per heavy atom. The quantitative estimate of drug-likeness (QED) is 0.863. The van der Waals surface area contributed by atoms with Gasteiger partial charge in [-0.2, -0.15) is 0 Å². The number of halogens is 1. The molecule has 4 heteroatoms. The lowest BCUT2D eigenvalue weighted by molar-refractivity contribution is 0.111. The molecule has 1 heterocycles. The Morgan fingerprint density at radius 1 is 1.40 bits per heavy atom. The normalized spacial score (nSPS) is 22.8. The van der Waals surface area contributed by atoms with Gasteiger partial charge in [-0.1, -0.05) is 26.7 Å². The van der Waals surface area contributed by atoms with Gasteiger partial charge in [0.1, 0.15) is 6.10 Å². The molecule has 2 unspecified atom stereocenters. The maximum absolute atomic E-state index is 14.3. The van der Waals surface area contributed by atoms with Crippen LogP contribution >= 0.6 is 0 Å². The number of hydrogen-bond acceptors (Lipinski definition) is 3. The highest BCUT2D eigenvalue weighted by Gasteiger charge is 2.24. The van der Waals surface area contributed by atoms with E-state index in [-0.39, 0.29) is 17.8 Å². The Balaban J connectivity index is 2.01. The van der Waals surface area contributed by atoms with Gasteiger partial charge in [0, 0.05) is 18.3 Å². The van der Waals surface area contributed by atoms with E-state index < -0.39 is 0 Å². The van der Waals surface area contributed by atoms with Crippen molar-refractivity contribution in [2.75, 3.05) is 6.54 Å². The molecule has 112 valence electrons. The zero-order chi connectivity index (χ0) is 14.4. The van der Waals surface area contributed by atoms with Gasteiger partial charge in [-0.3, -0.25) is 0 Å². The fourth-order valence-corrected chi connectivity index (χ4v) is 2.82. The molecule has 0 aliphatic heterocycles. The van der Waals surface area contributed by atoms with Crippen LogP contribution in [0, 0.1) is 11.7 Å². The summed E-state index contributed by atoms with van der Waals surface area (Å²) < 4.78 is 20.1. The van der Waals surface area contributed by atoms with Crippen molar-refractivity contribution in [1.29, 1.82) is 0 Å². The third kappa shape index (κ3) is 3.92. The van der Waals surface area contributed by atoms with Gasteiger partial charge in [0.2, 0.25) is 0 Å². The predicted octanol–water partition coefficient (Wildman–Crippen LogP) is 3.68. The van der Waals surface area contributed by atoms with Gasteiger partial charge in [0.25, 0.3) is 5.88 Å². The zero-order valence-electron chi connectivity index (χ0n) is 12.5. The number of aromatic nitrogens is 1. The highest BCUT2D eigenvalue weighted by atomic mass is 19.1. The van der Waals surface area contributed by atoms with Crippen molar-refractivity contribution in [3.8, 4) is 5.88 Å². The van der Waals surface area contributed by atoms with Crippen LogP contribution in [0.1, 0.15) is 51.5 Å². The largest absolute Gasteiger partial charge is 0.472 e. The highest BCUT2D eigenvalue weighted by molar-refractivity contribution is 5.23. The maximum atomic E-state index is 14.3.